The Kier molecular flexibility index (Phi) is 8.65. The van der Waals surface area contributed by atoms with Crippen LogP contribution in [0.4, 0.5) is 5.69 Å². The van der Waals surface area contributed by atoms with Crippen LogP contribution in [0, 0.1) is 17.2 Å². The second-order valence-electron chi connectivity index (χ2n) is 11.8. The van der Waals surface area contributed by atoms with Crippen LogP contribution >= 0.6 is 23.2 Å². The minimum Gasteiger partial charge on any atom is -0.325 e. The Morgan fingerprint density at radius 1 is 0.902 bits per heavy atom. The van der Waals surface area contributed by atoms with Gasteiger partial charge in [-0.05, 0) is 104 Å². The van der Waals surface area contributed by atoms with Crippen molar-refractivity contribution in [2.45, 2.75) is 57.0 Å². The van der Waals surface area contributed by atoms with Gasteiger partial charge in [-0.25, -0.2) is 0 Å². The van der Waals surface area contributed by atoms with Gasteiger partial charge < -0.3 is 10.2 Å². The third-order valence-electron chi connectivity index (χ3n) is 9.20. The van der Waals surface area contributed by atoms with Crippen LogP contribution in [0.2, 0.25) is 10.0 Å². The molecule has 0 aromatic heterocycles. The van der Waals surface area contributed by atoms with Crippen molar-refractivity contribution in [2.24, 2.45) is 5.92 Å². The molecule has 2 fully saturated rings. The van der Waals surface area contributed by atoms with Crippen LogP contribution in [-0.2, 0) is 11.2 Å². The van der Waals surface area contributed by atoms with Crippen LogP contribution in [0.3, 0.4) is 0 Å². The van der Waals surface area contributed by atoms with Gasteiger partial charge in [-0.3, -0.25) is 9.69 Å². The average molecular weight is 588 g/mol. The highest BCUT2D eigenvalue weighted by Gasteiger charge is 2.37. The van der Waals surface area contributed by atoms with Gasteiger partial charge in [-0.1, -0.05) is 66.4 Å². The highest BCUT2D eigenvalue weighted by atomic mass is 35.5. The number of benzene rings is 3. The highest BCUT2D eigenvalue weighted by molar-refractivity contribution is 6.35. The Hall–Kier alpha value is -2.88. The summed E-state index contributed by atoms with van der Waals surface area (Å²) < 4.78 is 0. The van der Waals surface area contributed by atoms with E-state index in [1.54, 1.807) is 18.2 Å². The maximum atomic E-state index is 13.3. The lowest BCUT2D eigenvalue weighted by Gasteiger charge is -2.45. The fraction of sp³-hybridized carbons (Fsp3) is 0.412. The lowest BCUT2D eigenvalue weighted by atomic mass is 9.79. The first-order chi connectivity index (χ1) is 20.0. The van der Waals surface area contributed by atoms with E-state index < -0.39 is 0 Å². The maximum absolute atomic E-state index is 13.3. The molecular weight excluding hydrogens is 551 g/mol. The van der Waals surface area contributed by atoms with Gasteiger partial charge in [0, 0.05) is 34.4 Å². The molecule has 5 nitrogen and oxygen atoms in total. The zero-order valence-electron chi connectivity index (χ0n) is 23.3. The van der Waals surface area contributed by atoms with Gasteiger partial charge in [0.05, 0.1) is 18.2 Å². The number of hydrogen-bond donors (Lipinski definition) is 1. The Bertz CT molecular complexity index is 1430. The summed E-state index contributed by atoms with van der Waals surface area (Å²) in [7, 11) is 0. The monoisotopic (exact) mass is 586 g/mol. The number of carbonyl (C=O) groups is 1. The first kappa shape index (κ1) is 28.2. The molecule has 0 bridgehead atoms. The standard InChI is InChI=1S/C34H36Cl2N4O/c35-28-18-29(36)20-30(19-28)38-33(41)22-40-15-12-27-17-26(25-5-3-4-23(16-25)21-37)8-9-32(27)34(40)24-10-13-39(14-11-24)31-6-1-2-7-31/h3-5,8-9,16-20,24,31,34H,1-2,6-7,10-15,22H2,(H,38,41). The Labute approximate surface area is 253 Å². The summed E-state index contributed by atoms with van der Waals surface area (Å²) in [5, 5.41) is 13.4. The molecule has 3 aromatic carbocycles. The van der Waals surface area contributed by atoms with E-state index in [-0.39, 0.29) is 11.9 Å². The number of rotatable bonds is 6. The summed E-state index contributed by atoms with van der Waals surface area (Å²) in [6.07, 6.45) is 8.58. The van der Waals surface area contributed by atoms with Crippen LogP contribution < -0.4 is 5.32 Å². The topological polar surface area (TPSA) is 59.4 Å². The first-order valence-electron chi connectivity index (χ1n) is 14.8. The number of carbonyl (C=O) groups excluding carboxylic acids is 1. The van der Waals surface area contributed by atoms with E-state index >= 15 is 0 Å². The highest BCUT2D eigenvalue weighted by Crippen LogP contribution is 2.42. The van der Waals surface area contributed by atoms with Crippen molar-refractivity contribution < 1.29 is 4.79 Å². The summed E-state index contributed by atoms with van der Waals surface area (Å²) >= 11 is 12.3. The van der Waals surface area contributed by atoms with Gasteiger partial charge in [0.2, 0.25) is 5.91 Å². The van der Waals surface area contributed by atoms with Crippen molar-refractivity contribution in [2.75, 3.05) is 31.5 Å². The van der Waals surface area contributed by atoms with E-state index in [9.17, 15) is 10.1 Å². The minimum absolute atomic E-state index is 0.0508. The number of nitriles is 1. The van der Waals surface area contributed by atoms with Crippen LogP contribution in [0.1, 0.15) is 61.3 Å². The SMILES string of the molecule is N#Cc1cccc(-c2ccc3c(c2)CCN(CC(=O)Nc2cc(Cl)cc(Cl)c2)C3C2CCN(C3CCCC3)CC2)c1. The molecule has 3 aliphatic rings. The predicted molar refractivity (Wildman–Crippen MR) is 166 cm³/mol. The third-order valence-corrected chi connectivity index (χ3v) is 9.64. The lowest BCUT2D eigenvalue weighted by molar-refractivity contribution is -0.118. The van der Waals surface area contributed by atoms with Crippen molar-refractivity contribution in [3.63, 3.8) is 0 Å². The van der Waals surface area contributed by atoms with E-state index in [4.69, 9.17) is 23.2 Å². The van der Waals surface area contributed by atoms with E-state index in [1.165, 1.54) is 36.8 Å². The van der Waals surface area contributed by atoms with E-state index in [0.717, 1.165) is 56.1 Å². The van der Waals surface area contributed by atoms with Crippen molar-refractivity contribution >= 4 is 34.8 Å². The average Bonchev–Trinajstić information content (AvgIpc) is 3.52. The molecule has 212 valence electrons. The van der Waals surface area contributed by atoms with Crippen LogP contribution in [0.25, 0.3) is 11.1 Å². The quantitative estimate of drug-likeness (QED) is 0.321. The van der Waals surface area contributed by atoms with Crippen molar-refractivity contribution in [1.29, 1.82) is 5.26 Å². The van der Waals surface area contributed by atoms with Gasteiger partial charge in [-0.15, -0.1) is 0 Å². The van der Waals surface area contributed by atoms with Gasteiger partial charge >= 0.3 is 0 Å². The molecule has 2 aliphatic heterocycles. The summed E-state index contributed by atoms with van der Waals surface area (Å²) in [6.45, 7) is 3.43. The summed E-state index contributed by atoms with van der Waals surface area (Å²) in [4.78, 5) is 18.4. The summed E-state index contributed by atoms with van der Waals surface area (Å²) in [6, 6.07) is 22.9. The number of halogens is 2. The Morgan fingerprint density at radius 3 is 2.37 bits per heavy atom. The predicted octanol–water partition coefficient (Wildman–Crippen LogP) is 7.72. The first-order valence-corrected chi connectivity index (χ1v) is 15.6. The zero-order chi connectivity index (χ0) is 28.3. The van der Waals surface area contributed by atoms with Gasteiger partial charge in [0.25, 0.3) is 0 Å². The molecule has 6 rings (SSSR count). The number of hydrogen-bond acceptors (Lipinski definition) is 4. The normalized spacial score (nSPS) is 20.5. The summed E-state index contributed by atoms with van der Waals surface area (Å²) in [5.74, 6) is 0.443. The molecule has 1 aliphatic carbocycles. The number of piperidine rings is 1. The fourth-order valence-corrected chi connectivity index (χ4v) is 7.79. The van der Waals surface area contributed by atoms with Crippen LogP contribution in [0.5, 0.6) is 0 Å². The number of nitrogens with zero attached hydrogens (tertiary/aromatic N) is 3. The number of likely N-dealkylation sites (tertiary alicyclic amines) is 1. The molecule has 0 spiro atoms. The molecular formula is C34H36Cl2N4O. The van der Waals surface area contributed by atoms with Crippen molar-refractivity contribution in [3.8, 4) is 17.2 Å². The van der Waals surface area contributed by atoms with Gasteiger partial charge in [0.1, 0.15) is 0 Å². The second-order valence-corrected chi connectivity index (χ2v) is 12.7. The maximum Gasteiger partial charge on any atom is 0.238 e. The lowest BCUT2D eigenvalue weighted by Crippen LogP contribution is -2.47. The van der Waals surface area contributed by atoms with Crippen molar-refractivity contribution in [1.82, 2.24) is 9.80 Å². The summed E-state index contributed by atoms with van der Waals surface area (Å²) in [5.41, 5.74) is 6.19. The molecule has 1 unspecified atom stereocenters. The molecule has 2 heterocycles. The van der Waals surface area contributed by atoms with Gasteiger partial charge in [-0.2, -0.15) is 5.26 Å². The van der Waals surface area contributed by atoms with E-state index in [2.05, 4.69) is 45.5 Å². The molecule has 41 heavy (non-hydrogen) atoms. The third kappa shape index (κ3) is 6.47. The molecule has 1 saturated heterocycles. The molecule has 1 N–H and O–H groups in total. The molecule has 1 amide bonds. The number of anilines is 1. The van der Waals surface area contributed by atoms with E-state index in [0.29, 0.717) is 33.8 Å². The van der Waals surface area contributed by atoms with Crippen LogP contribution in [-0.4, -0.2) is 47.9 Å². The number of nitrogens with one attached hydrogen (secondary N) is 1. The minimum atomic E-state index is -0.0508. The van der Waals surface area contributed by atoms with Crippen molar-refractivity contribution in [3.05, 3.63) is 87.4 Å². The fourth-order valence-electron chi connectivity index (χ4n) is 7.27. The Balaban J connectivity index is 1.25. The molecule has 1 atom stereocenters. The van der Waals surface area contributed by atoms with E-state index in [1.807, 2.05) is 18.2 Å². The zero-order valence-corrected chi connectivity index (χ0v) is 24.8. The largest absolute Gasteiger partial charge is 0.325 e. The molecule has 7 heteroatoms. The number of amides is 1. The van der Waals surface area contributed by atoms with Gasteiger partial charge in [0.15, 0.2) is 0 Å². The van der Waals surface area contributed by atoms with Crippen LogP contribution in [0.15, 0.2) is 60.7 Å². The Morgan fingerprint density at radius 2 is 1.63 bits per heavy atom. The smallest absolute Gasteiger partial charge is 0.238 e. The molecule has 0 radical (unpaired) electrons. The number of fused-ring (bicyclic) bond motifs is 1. The second kappa shape index (κ2) is 12.5. The molecule has 1 saturated carbocycles. The molecule has 3 aromatic rings.